The summed E-state index contributed by atoms with van der Waals surface area (Å²) in [6, 6.07) is 9.92. The van der Waals surface area contributed by atoms with Crippen LogP contribution in [0.25, 0.3) is 0 Å². The van der Waals surface area contributed by atoms with Crippen LogP contribution >= 0.6 is 0 Å². The van der Waals surface area contributed by atoms with Crippen LogP contribution < -0.4 is 0 Å². The summed E-state index contributed by atoms with van der Waals surface area (Å²) in [7, 11) is 0. The Morgan fingerprint density at radius 3 is 2.47 bits per heavy atom. The lowest BCUT2D eigenvalue weighted by atomic mass is 9.97. The van der Waals surface area contributed by atoms with Gasteiger partial charge in [0.15, 0.2) is 0 Å². The normalized spacial score (nSPS) is 12.5. The van der Waals surface area contributed by atoms with Crippen molar-refractivity contribution in [2.24, 2.45) is 0 Å². The predicted molar refractivity (Wildman–Crippen MR) is 69.0 cm³/mol. The summed E-state index contributed by atoms with van der Waals surface area (Å²) in [5.41, 5.74) is 4.98. The van der Waals surface area contributed by atoms with E-state index < -0.39 is 6.10 Å². The van der Waals surface area contributed by atoms with E-state index in [0.717, 1.165) is 22.4 Å². The first kappa shape index (κ1) is 11.8. The van der Waals surface area contributed by atoms with Crippen LogP contribution in [0.5, 0.6) is 0 Å². The van der Waals surface area contributed by atoms with Crippen LogP contribution in [0.4, 0.5) is 0 Å². The zero-order valence-corrected chi connectivity index (χ0v) is 10.4. The Hall–Kier alpha value is -1.67. The molecule has 0 radical (unpaired) electrons. The Morgan fingerprint density at radius 1 is 1.06 bits per heavy atom. The maximum Gasteiger partial charge on any atom is 0.121 e. The summed E-state index contributed by atoms with van der Waals surface area (Å²) >= 11 is 0. The summed E-state index contributed by atoms with van der Waals surface area (Å²) < 4.78 is 0. The van der Waals surface area contributed by atoms with Gasteiger partial charge in [0.2, 0.25) is 0 Å². The van der Waals surface area contributed by atoms with Crippen molar-refractivity contribution in [3.8, 4) is 0 Å². The standard InChI is InChI=1S/C15H17NO/c1-10-6-7-13(12(3)9-10)15(17)14-11(2)5-4-8-16-14/h4-9,15,17H,1-3H3. The zero-order chi connectivity index (χ0) is 12.4. The molecule has 1 aromatic heterocycles. The second kappa shape index (κ2) is 4.68. The molecule has 88 valence electrons. The van der Waals surface area contributed by atoms with Gasteiger partial charge in [0.1, 0.15) is 6.10 Å². The first-order chi connectivity index (χ1) is 8.09. The Kier molecular flexibility index (Phi) is 3.25. The van der Waals surface area contributed by atoms with Crippen LogP contribution in [0.15, 0.2) is 36.5 Å². The van der Waals surface area contributed by atoms with E-state index in [1.807, 2.05) is 38.1 Å². The van der Waals surface area contributed by atoms with Crippen LogP contribution in [0.3, 0.4) is 0 Å². The molecule has 17 heavy (non-hydrogen) atoms. The molecule has 0 aliphatic carbocycles. The summed E-state index contributed by atoms with van der Waals surface area (Å²) in [6.45, 7) is 6.04. The van der Waals surface area contributed by atoms with Crippen molar-refractivity contribution >= 4 is 0 Å². The van der Waals surface area contributed by atoms with E-state index >= 15 is 0 Å². The molecular formula is C15H17NO. The van der Waals surface area contributed by atoms with Crippen LogP contribution in [0.1, 0.15) is 34.1 Å². The van der Waals surface area contributed by atoms with Gasteiger partial charge in [-0.2, -0.15) is 0 Å². The van der Waals surface area contributed by atoms with E-state index in [4.69, 9.17) is 0 Å². The van der Waals surface area contributed by atoms with Crippen molar-refractivity contribution in [1.82, 2.24) is 4.98 Å². The Balaban J connectivity index is 2.44. The largest absolute Gasteiger partial charge is 0.382 e. The lowest BCUT2D eigenvalue weighted by Gasteiger charge is -2.15. The molecule has 2 heteroatoms. The molecule has 2 aromatic rings. The predicted octanol–water partition coefficient (Wildman–Crippen LogP) is 3.09. The number of benzene rings is 1. The van der Waals surface area contributed by atoms with Crippen LogP contribution in [0, 0.1) is 20.8 Å². The number of nitrogens with zero attached hydrogens (tertiary/aromatic N) is 1. The third-order valence-electron chi connectivity index (χ3n) is 3.03. The summed E-state index contributed by atoms with van der Waals surface area (Å²) in [6.07, 6.45) is 1.08. The first-order valence-electron chi connectivity index (χ1n) is 5.76. The van der Waals surface area contributed by atoms with E-state index in [2.05, 4.69) is 18.0 Å². The van der Waals surface area contributed by atoms with Gasteiger partial charge in [-0.3, -0.25) is 4.98 Å². The fourth-order valence-electron chi connectivity index (χ4n) is 2.06. The van der Waals surface area contributed by atoms with Gasteiger partial charge in [-0.25, -0.2) is 0 Å². The SMILES string of the molecule is Cc1ccc(C(O)c2ncccc2C)c(C)c1. The third kappa shape index (κ3) is 2.37. The van der Waals surface area contributed by atoms with Crippen molar-refractivity contribution in [3.63, 3.8) is 0 Å². The van der Waals surface area contributed by atoms with E-state index in [-0.39, 0.29) is 0 Å². The Bertz CT molecular complexity index is 534. The fraction of sp³-hybridized carbons (Fsp3) is 0.267. The number of aryl methyl sites for hydroxylation is 3. The highest BCUT2D eigenvalue weighted by Gasteiger charge is 2.15. The molecule has 0 aliphatic heterocycles. The summed E-state index contributed by atoms with van der Waals surface area (Å²) in [5.74, 6) is 0. The zero-order valence-electron chi connectivity index (χ0n) is 10.4. The number of hydrogen-bond donors (Lipinski definition) is 1. The third-order valence-corrected chi connectivity index (χ3v) is 3.03. The number of aromatic nitrogens is 1. The first-order valence-corrected chi connectivity index (χ1v) is 5.76. The second-order valence-electron chi connectivity index (χ2n) is 4.47. The average molecular weight is 227 g/mol. The van der Waals surface area contributed by atoms with Gasteiger partial charge in [0.05, 0.1) is 5.69 Å². The molecule has 2 nitrogen and oxygen atoms in total. The Morgan fingerprint density at radius 2 is 1.82 bits per heavy atom. The maximum atomic E-state index is 10.4. The van der Waals surface area contributed by atoms with Gasteiger partial charge in [-0.15, -0.1) is 0 Å². The number of aliphatic hydroxyl groups is 1. The monoisotopic (exact) mass is 227 g/mol. The van der Waals surface area contributed by atoms with Crippen molar-refractivity contribution in [3.05, 3.63) is 64.5 Å². The molecule has 0 amide bonds. The van der Waals surface area contributed by atoms with E-state index in [1.54, 1.807) is 6.20 Å². The molecule has 2 rings (SSSR count). The van der Waals surface area contributed by atoms with Crippen molar-refractivity contribution < 1.29 is 5.11 Å². The van der Waals surface area contributed by atoms with Crippen LogP contribution in [0.2, 0.25) is 0 Å². The minimum absolute atomic E-state index is 0.642. The lowest BCUT2D eigenvalue weighted by Crippen LogP contribution is -2.06. The minimum Gasteiger partial charge on any atom is -0.382 e. The fourth-order valence-corrected chi connectivity index (χ4v) is 2.06. The summed E-state index contributed by atoms with van der Waals surface area (Å²) in [5, 5.41) is 10.4. The molecule has 1 N–H and O–H groups in total. The molecule has 1 atom stereocenters. The van der Waals surface area contributed by atoms with Gasteiger partial charge in [0.25, 0.3) is 0 Å². The number of pyridine rings is 1. The average Bonchev–Trinajstić information content (AvgIpc) is 2.29. The molecule has 0 bridgehead atoms. The van der Waals surface area contributed by atoms with Crippen molar-refractivity contribution in [1.29, 1.82) is 0 Å². The van der Waals surface area contributed by atoms with Gasteiger partial charge in [0, 0.05) is 6.20 Å². The molecule has 0 spiro atoms. The second-order valence-corrected chi connectivity index (χ2v) is 4.47. The highest BCUT2D eigenvalue weighted by atomic mass is 16.3. The molecule has 1 unspecified atom stereocenters. The van der Waals surface area contributed by atoms with Crippen LogP contribution in [-0.2, 0) is 0 Å². The van der Waals surface area contributed by atoms with E-state index in [9.17, 15) is 5.11 Å². The minimum atomic E-state index is -0.642. The molecule has 0 saturated carbocycles. The molecule has 1 heterocycles. The molecule has 0 aliphatic rings. The van der Waals surface area contributed by atoms with Gasteiger partial charge >= 0.3 is 0 Å². The van der Waals surface area contributed by atoms with Gasteiger partial charge in [-0.05, 0) is 43.5 Å². The highest BCUT2D eigenvalue weighted by Crippen LogP contribution is 2.25. The maximum absolute atomic E-state index is 10.4. The smallest absolute Gasteiger partial charge is 0.121 e. The Labute approximate surface area is 102 Å². The topological polar surface area (TPSA) is 33.1 Å². The molecule has 1 aromatic carbocycles. The van der Waals surface area contributed by atoms with E-state index in [1.165, 1.54) is 5.56 Å². The summed E-state index contributed by atoms with van der Waals surface area (Å²) in [4.78, 5) is 4.27. The van der Waals surface area contributed by atoms with Crippen molar-refractivity contribution in [2.75, 3.05) is 0 Å². The molecule has 0 saturated heterocycles. The molecular weight excluding hydrogens is 210 g/mol. The lowest BCUT2D eigenvalue weighted by molar-refractivity contribution is 0.213. The van der Waals surface area contributed by atoms with Gasteiger partial charge in [-0.1, -0.05) is 29.8 Å². The van der Waals surface area contributed by atoms with Crippen LogP contribution in [-0.4, -0.2) is 10.1 Å². The number of aliphatic hydroxyl groups excluding tert-OH is 1. The van der Waals surface area contributed by atoms with Gasteiger partial charge < -0.3 is 5.11 Å². The highest BCUT2D eigenvalue weighted by molar-refractivity contribution is 5.37. The number of hydrogen-bond acceptors (Lipinski definition) is 2. The van der Waals surface area contributed by atoms with E-state index in [0.29, 0.717) is 0 Å². The van der Waals surface area contributed by atoms with Crippen molar-refractivity contribution in [2.45, 2.75) is 26.9 Å². The quantitative estimate of drug-likeness (QED) is 0.855. The number of rotatable bonds is 2. The molecule has 0 fully saturated rings.